The van der Waals surface area contributed by atoms with Crippen LogP contribution in [0.15, 0.2) is 0 Å². The van der Waals surface area contributed by atoms with E-state index in [1.165, 1.54) is 0 Å². The van der Waals surface area contributed by atoms with E-state index in [0.29, 0.717) is 12.5 Å². The van der Waals surface area contributed by atoms with Gasteiger partial charge in [0.25, 0.3) is 0 Å². The molecule has 0 bridgehead atoms. The molecule has 0 spiro atoms. The van der Waals surface area contributed by atoms with Crippen LogP contribution in [0.25, 0.3) is 0 Å². The van der Waals surface area contributed by atoms with Crippen molar-refractivity contribution in [3.8, 4) is 6.07 Å². The van der Waals surface area contributed by atoms with Crippen LogP contribution in [0.3, 0.4) is 0 Å². The zero-order valence-corrected chi connectivity index (χ0v) is 9.12. The Balaban J connectivity index is 2.42. The molecule has 14 heavy (non-hydrogen) atoms. The summed E-state index contributed by atoms with van der Waals surface area (Å²) in [5.41, 5.74) is 0. The summed E-state index contributed by atoms with van der Waals surface area (Å²) in [5.74, 6) is -0.428. The fourth-order valence-electron chi connectivity index (χ4n) is 1.81. The lowest BCUT2D eigenvalue weighted by molar-refractivity contribution is -0.282. The normalized spacial score (nSPS) is 22.4. The Morgan fingerprint density at radius 2 is 2.00 bits per heavy atom. The highest BCUT2D eigenvalue weighted by molar-refractivity contribution is 4.95. The van der Waals surface area contributed by atoms with Crippen LogP contribution in [0, 0.1) is 11.3 Å². The van der Waals surface area contributed by atoms with Crippen LogP contribution in [0.1, 0.15) is 19.8 Å². The molecule has 0 aliphatic carbocycles. The molecule has 1 aliphatic rings. The lowest BCUT2D eigenvalue weighted by Crippen LogP contribution is -2.66. The van der Waals surface area contributed by atoms with Gasteiger partial charge >= 0.3 is 0 Å². The van der Waals surface area contributed by atoms with Gasteiger partial charge in [-0.3, -0.25) is 4.90 Å². The fourth-order valence-corrected chi connectivity index (χ4v) is 1.81. The standard InChI is InChI=1S/C10H18N2O2/c1-4-9(5-6-11)12-7-10(8-12,13-2)14-3/h9H,4-5,7-8H2,1-3H3. The number of methoxy groups -OCH3 is 2. The Kier molecular flexibility index (Phi) is 3.87. The largest absolute Gasteiger partial charge is 0.351 e. The number of ether oxygens (including phenoxy) is 2. The Hall–Kier alpha value is -0.630. The molecule has 1 fully saturated rings. The minimum absolute atomic E-state index is 0.346. The molecule has 0 radical (unpaired) electrons. The van der Waals surface area contributed by atoms with Gasteiger partial charge in [0.15, 0.2) is 5.79 Å². The van der Waals surface area contributed by atoms with E-state index in [4.69, 9.17) is 14.7 Å². The minimum atomic E-state index is -0.428. The topological polar surface area (TPSA) is 45.5 Å². The summed E-state index contributed by atoms with van der Waals surface area (Å²) in [6.45, 7) is 3.63. The maximum atomic E-state index is 8.64. The van der Waals surface area contributed by atoms with Gasteiger partial charge < -0.3 is 9.47 Å². The second kappa shape index (κ2) is 4.74. The zero-order chi connectivity index (χ0) is 10.6. The van der Waals surface area contributed by atoms with Gasteiger partial charge in [-0.25, -0.2) is 0 Å². The van der Waals surface area contributed by atoms with Gasteiger partial charge in [-0.05, 0) is 6.42 Å². The van der Waals surface area contributed by atoms with Gasteiger partial charge in [-0.1, -0.05) is 6.92 Å². The van der Waals surface area contributed by atoms with Crippen molar-refractivity contribution in [3.63, 3.8) is 0 Å². The first-order chi connectivity index (χ1) is 6.71. The summed E-state index contributed by atoms with van der Waals surface area (Å²) in [5, 5.41) is 8.64. The van der Waals surface area contributed by atoms with Crippen molar-refractivity contribution in [3.05, 3.63) is 0 Å². The van der Waals surface area contributed by atoms with Gasteiger partial charge in [0.05, 0.1) is 25.6 Å². The summed E-state index contributed by atoms with van der Waals surface area (Å²) in [7, 11) is 3.32. The van der Waals surface area contributed by atoms with Crippen molar-refractivity contribution < 1.29 is 9.47 Å². The molecule has 0 aromatic rings. The van der Waals surface area contributed by atoms with Crippen LogP contribution in [-0.2, 0) is 9.47 Å². The quantitative estimate of drug-likeness (QED) is 0.618. The summed E-state index contributed by atoms with van der Waals surface area (Å²) in [4.78, 5) is 2.23. The number of rotatable bonds is 5. The molecular weight excluding hydrogens is 180 g/mol. The predicted octanol–water partition coefficient (Wildman–Crippen LogP) is 0.983. The molecule has 0 aromatic carbocycles. The van der Waals surface area contributed by atoms with Gasteiger partial charge in [0.2, 0.25) is 0 Å². The number of nitriles is 1. The lowest BCUT2D eigenvalue weighted by Gasteiger charge is -2.50. The number of hydrogen-bond acceptors (Lipinski definition) is 4. The van der Waals surface area contributed by atoms with Crippen molar-refractivity contribution in [2.24, 2.45) is 0 Å². The molecule has 4 heteroatoms. The zero-order valence-electron chi connectivity index (χ0n) is 9.12. The average Bonchev–Trinajstić information content (AvgIpc) is 2.16. The molecule has 1 saturated heterocycles. The highest BCUT2D eigenvalue weighted by Crippen LogP contribution is 2.28. The van der Waals surface area contributed by atoms with Crippen molar-refractivity contribution in [1.82, 2.24) is 4.90 Å². The second-order valence-corrected chi connectivity index (χ2v) is 3.65. The summed E-state index contributed by atoms with van der Waals surface area (Å²) in [6.07, 6.45) is 1.58. The van der Waals surface area contributed by atoms with Gasteiger partial charge in [0.1, 0.15) is 0 Å². The first-order valence-electron chi connectivity index (χ1n) is 4.92. The SMILES string of the molecule is CCC(CC#N)N1CC(OC)(OC)C1. The van der Waals surface area contributed by atoms with Gasteiger partial charge in [-0.2, -0.15) is 5.26 Å². The molecule has 1 unspecified atom stereocenters. The maximum Gasteiger partial charge on any atom is 0.193 e. The van der Waals surface area contributed by atoms with E-state index in [1.54, 1.807) is 14.2 Å². The second-order valence-electron chi connectivity index (χ2n) is 3.65. The molecule has 0 saturated carbocycles. The Morgan fingerprint density at radius 1 is 1.43 bits per heavy atom. The van der Waals surface area contributed by atoms with Crippen LogP contribution in [-0.4, -0.2) is 44.0 Å². The van der Waals surface area contributed by atoms with Crippen LogP contribution >= 0.6 is 0 Å². The summed E-state index contributed by atoms with van der Waals surface area (Å²) < 4.78 is 10.6. The van der Waals surface area contributed by atoms with E-state index >= 15 is 0 Å². The molecule has 80 valence electrons. The third-order valence-electron chi connectivity index (χ3n) is 2.95. The van der Waals surface area contributed by atoms with Crippen LogP contribution in [0.5, 0.6) is 0 Å². The molecule has 0 N–H and O–H groups in total. The van der Waals surface area contributed by atoms with Crippen molar-refractivity contribution in [2.75, 3.05) is 27.3 Å². The van der Waals surface area contributed by atoms with Gasteiger partial charge in [0, 0.05) is 20.3 Å². The molecule has 1 heterocycles. The van der Waals surface area contributed by atoms with E-state index < -0.39 is 5.79 Å². The first-order valence-corrected chi connectivity index (χ1v) is 4.92. The number of hydrogen-bond donors (Lipinski definition) is 0. The fraction of sp³-hybridized carbons (Fsp3) is 0.900. The number of likely N-dealkylation sites (tertiary alicyclic amines) is 1. The van der Waals surface area contributed by atoms with Crippen LogP contribution in [0.4, 0.5) is 0 Å². The van der Waals surface area contributed by atoms with Gasteiger partial charge in [-0.15, -0.1) is 0 Å². The predicted molar refractivity (Wildman–Crippen MR) is 52.6 cm³/mol. The van der Waals surface area contributed by atoms with E-state index in [0.717, 1.165) is 19.5 Å². The first kappa shape index (κ1) is 11.4. The third-order valence-corrected chi connectivity index (χ3v) is 2.95. The molecule has 1 atom stereocenters. The van der Waals surface area contributed by atoms with E-state index in [9.17, 15) is 0 Å². The maximum absolute atomic E-state index is 8.64. The Bertz CT molecular complexity index is 213. The van der Waals surface area contributed by atoms with E-state index in [2.05, 4.69) is 17.9 Å². The molecule has 1 aliphatic heterocycles. The van der Waals surface area contributed by atoms with Crippen molar-refractivity contribution in [2.45, 2.75) is 31.6 Å². The van der Waals surface area contributed by atoms with Crippen LogP contribution in [0.2, 0.25) is 0 Å². The molecule has 0 aromatic heterocycles. The Labute approximate surface area is 85.4 Å². The molecule has 4 nitrogen and oxygen atoms in total. The van der Waals surface area contributed by atoms with Crippen LogP contribution < -0.4 is 0 Å². The lowest BCUT2D eigenvalue weighted by atomic mass is 10.0. The summed E-state index contributed by atoms with van der Waals surface area (Å²) in [6, 6.07) is 2.55. The smallest absolute Gasteiger partial charge is 0.193 e. The summed E-state index contributed by atoms with van der Waals surface area (Å²) >= 11 is 0. The number of nitrogens with zero attached hydrogens (tertiary/aromatic N) is 2. The Morgan fingerprint density at radius 3 is 2.36 bits per heavy atom. The molecular formula is C10H18N2O2. The molecule has 1 rings (SSSR count). The minimum Gasteiger partial charge on any atom is -0.351 e. The average molecular weight is 198 g/mol. The highest BCUT2D eigenvalue weighted by Gasteiger charge is 2.45. The third kappa shape index (κ3) is 2.06. The molecule has 0 amide bonds. The van der Waals surface area contributed by atoms with Crippen molar-refractivity contribution >= 4 is 0 Å². The monoisotopic (exact) mass is 198 g/mol. The highest BCUT2D eigenvalue weighted by atomic mass is 16.7. The van der Waals surface area contributed by atoms with E-state index in [1.807, 2.05) is 0 Å². The van der Waals surface area contributed by atoms with E-state index in [-0.39, 0.29) is 0 Å². The van der Waals surface area contributed by atoms with Crippen molar-refractivity contribution in [1.29, 1.82) is 5.26 Å².